The Bertz CT molecular complexity index is 2830. The van der Waals surface area contributed by atoms with E-state index in [1.165, 1.54) is 17.7 Å². The third-order valence-corrected chi connectivity index (χ3v) is 9.71. The lowest BCUT2D eigenvalue weighted by atomic mass is 10.0. The zero-order valence-electron chi connectivity index (χ0n) is 29.8. The number of fused-ring (bicyclic) bond motifs is 8. The van der Waals surface area contributed by atoms with Crippen LogP contribution in [0.4, 0.5) is 22.7 Å². The van der Waals surface area contributed by atoms with E-state index in [2.05, 4.69) is 113 Å². The summed E-state index contributed by atoms with van der Waals surface area (Å²) in [6.45, 7) is 2.10. The maximum absolute atomic E-state index is 11.5. The molecule has 0 saturated heterocycles. The van der Waals surface area contributed by atoms with Gasteiger partial charge < -0.3 is 14.9 Å². The van der Waals surface area contributed by atoms with Gasteiger partial charge in [0.05, 0.1) is 27.7 Å². The van der Waals surface area contributed by atoms with Gasteiger partial charge in [-0.2, -0.15) is 0 Å². The molecule has 8 nitrogen and oxygen atoms in total. The van der Waals surface area contributed by atoms with Gasteiger partial charge >= 0.3 is 0 Å². The number of hydrogen-bond acceptors (Lipinski definition) is 5. The highest BCUT2D eigenvalue weighted by atomic mass is 16.6. The van der Waals surface area contributed by atoms with E-state index in [9.17, 15) is 10.1 Å². The number of aryl methyl sites for hydroxylation is 1. The quantitative estimate of drug-likeness (QED) is 0.126. The molecule has 0 saturated carbocycles. The normalized spacial score (nSPS) is 12.0. The third-order valence-electron chi connectivity index (χ3n) is 9.71. The van der Waals surface area contributed by atoms with E-state index in [4.69, 9.17) is 9.97 Å². The summed E-state index contributed by atoms with van der Waals surface area (Å²) >= 11 is 0. The number of aromatic amines is 2. The van der Waals surface area contributed by atoms with Crippen molar-refractivity contribution in [2.24, 2.45) is 0 Å². The van der Waals surface area contributed by atoms with Gasteiger partial charge in [0.15, 0.2) is 0 Å². The topological polar surface area (TPSA) is 104 Å². The number of hydrogen-bond donors (Lipinski definition) is 2. The Morgan fingerprint density at radius 1 is 0.600 bits per heavy atom. The number of benzene rings is 4. The molecule has 7 aromatic rings. The van der Waals surface area contributed by atoms with E-state index in [0.29, 0.717) is 0 Å². The molecule has 2 aliphatic rings. The summed E-state index contributed by atoms with van der Waals surface area (Å²) in [6, 6.07) is 46.2. The Morgan fingerprint density at radius 2 is 1.20 bits per heavy atom. The Kier molecular flexibility index (Phi) is 8.53. The molecule has 9 rings (SSSR count). The van der Waals surface area contributed by atoms with Gasteiger partial charge in [0.25, 0.3) is 5.69 Å². The number of anilines is 3. The van der Waals surface area contributed by atoms with Crippen LogP contribution in [-0.2, 0) is 0 Å². The molecule has 55 heavy (non-hydrogen) atoms. The molecule has 8 bridgehead atoms. The summed E-state index contributed by atoms with van der Waals surface area (Å²) in [5.41, 5.74) is 14.8. The predicted molar refractivity (Wildman–Crippen MR) is 226 cm³/mol. The molecule has 0 amide bonds. The van der Waals surface area contributed by atoms with Crippen molar-refractivity contribution >= 4 is 81.3 Å². The SMILES string of the molecule is Cc1ccc(N(c2ccccc2)c2ccc(/C=C/c3c4nc(c(-c5ccc([N+](=O)[O-])cc5)c5ccc(cc6nc(cc7ccc3[nH]7)C=C6)[nH]5)C=C4)cc2)cc1. The van der Waals surface area contributed by atoms with Gasteiger partial charge in [-0.05, 0) is 127 Å². The van der Waals surface area contributed by atoms with Crippen LogP contribution < -0.4 is 4.90 Å². The fourth-order valence-corrected chi connectivity index (χ4v) is 6.96. The number of nitro groups is 1. The van der Waals surface area contributed by atoms with E-state index in [1.54, 1.807) is 12.1 Å². The standard InChI is InChI=1S/C47H34N6O2/c1-31-7-18-39(19-8-31)52(38-5-3-2-4-6-38)40-20-9-32(10-21-40)11-24-42-43-25-16-36(49-43)29-34-14-15-35(48-34)30-37-17-26-45(50-37)47(46-28-27-44(42)51-46)33-12-22-41(23-13-33)53(54)55/h2-30,49-50H,1H3/b24-11+,34-29?,35-30?,36-29?,37-30?,43-42?,44-42?,47-45?,47-46?. The van der Waals surface area contributed by atoms with Crippen LogP contribution >= 0.6 is 0 Å². The minimum Gasteiger partial charge on any atom is -0.355 e. The number of nitrogens with zero attached hydrogens (tertiary/aromatic N) is 4. The largest absolute Gasteiger partial charge is 0.355 e. The minimum atomic E-state index is -0.387. The first-order valence-corrected chi connectivity index (χ1v) is 18.0. The van der Waals surface area contributed by atoms with Crippen molar-refractivity contribution in [2.75, 3.05) is 4.90 Å². The average molecular weight is 715 g/mol. The maximum Gasteiger partial charge on any atom is 0.269 e. The summed E-state index contributed by atoms with van der Waals surface area (Å²) < 4.78 is 0. The van der Waals surface area contributed by atoms with Crippen molar-refractivity contribution in [3.8, 4) is 11.1 Å². The van der Waals surface area contributed by atoms with Gasteiger partial charge in [-0.25, -0.2) is 9.97 Å². The van der Waals surface area contributed by atoms with Crippen molar-refractivity contribution in [1.82, 2.24) is 19.9 Å². The molecule has 2 N–H and O–H groups in total. The van der Waals surface area contributed by atoms with Crippen LogP contribution in [0, 0.1) is 17.0 Å². The number of non-ortho nitro benzene ring substituents is 1. The van der Waals surface area contributed by atoms with E-state index in [1.807, 2.05) is 60.7 Å². The highest BCUT2D eigenvalue weighted by Gasteiger charge is 2.15. The van der Waals surface area contributed by atoms with E-state index >= 15 is 0 Å². The van der Waals surface area contributed by atoms with Crippen LogP contribution in [0.2, 0.25) is 0 Å². The Labute approximate surface area is 317 Å². The molecule has 0 radical (unpaired) electrons. The molecular weight excluding hydrogens is 681 g/mol. The predicted octanol–water partition coefficient (Wildman–Crippen LogP) is 12.2. The second-order valence-corrected chi connectivity index (χ2v) is 13.5. The summed E-state index contributed by atoms with van der Waals surface area (Å²) in [4.78, 5) is 30.5. The Morgan fingerprint density at radius 3 is 1.87 bits per heavy atom. The van der Waals surface area contributed by atoms with Gasteiger partial charge in [0, 0.05) is 62.4 Å². The molecule has 5 heterocycles. The molecule has 0 spiro atoms. The van der Waals surface area contributed by atoms with Crippen molar-refractivity contribution in [1.29, 1.82) is 0 Å². The molecule has 0 fully saturated rings. The lowest BCUT2D eigenvalue weighted by molar-refractivity contribution is -0.384. The molecule has 4 aromatic carbocycles. The zero-order valence-corrected chi connectivity index (χ0v) is 29.8. The monoisotopic (exact) mass is 714 g/mol. The average Bonchev–Trinajstić information content (AvgIpc) is 4.05. The van der Waals surface area contributed by atoms with Crippen molar-refractivity contribution in [3.63, 3.8) is 0 Å². The fourth-order valence-electron chi connectivity index (χ4n) is 6.96. The van der Waals surface area contributed by atoms with Crippen LogP contribution in [-0.4, -0.2) is 24.9 Å². The minimum absolute atomic E-state index is 0.0309. The van der Waals surface area contributed by atoms with Gasteiger partial charge in [-0.1, -0.05) is 60.2 Å². The number of nitrogens with one attached hydrogen (secondary N) is 2. The van der Waals surface area contributed by atoms with Gasteiger partial charge in [-0.3, -0.25) is 10.1 Å². The first-order valence-electron chi connectivity index (χ1n) is 18.0. The summed E-state index contributed by atoms with van der Waals surface area (Å²) in [5.74, 6) is 0. The molecule has 8 heteroatoms. The molecular formula is C47H34N6O2. The molecule has 3 aromatic heterocycles. The molecule has 0 unspecified atom stereocenters. The van der Waals surface area contributed by atoms with Crippen LogP contribution in [0.25, 0.3) is 69.6 Å². The van der Waals surface area contributed by atoms with Gasteiger partial charge in [0.2, 0.25) is 0 Å². The van der Waals surface area contributed by atoms with Crippen molar-refractivity contribution < 1.29 is 4.92 Å². The summed E-state index contributed by atoms with van der Waals surface area (Å²) in [5, 5.41) is 11.5. The molecule has 0 atom stereocenters. The van der Waals surface area contributed by atoms with Crippen LogP contribution in [0.3, 0.4) is 0 Å². The van der Waals surface area contributed by atoms with Gasteiger partial charge in [-0.15, -0.1) is 0 Å². The lowest BCUT2D eigenvalue weighted by Crippen LogP contribution is -2.09. The summed E-state index contributed by atoms with van der Waals surface area (Å²) in [6.07, 6.45) is 12.2. The fraction of sp³-hybridized carbons (Fsp3) is 0.0213. The number of aromatic nitrogens is 4. The lowest BCUT2D eigenvalue weighted by Gasteiger charge is -2.25. The van der Waals surface area contributed by atoms with Crippen LogP contribution in [0.1, 0.15) is 39.5 Å². The second-order valence-electron chi connectivity index (χ2n) is 13.5. The molecule has 264 valence electrons. The maximum atomic E-state index is 11.5. The van der Waals surface area contributed by atoms with E-state index in [-0.39, 0.29) is 10.6 Å². The van der Waals surface area contributed by atoms with Crippen LogP contribution in [0.15, 0.2) is 140 Å². The Hall–Kier alpha value is -7.58. The van der Waals surface area contributed by atoms with Gasteiger partial charge in [0.1, 0.15) is 0 Å². The zero-order chi connectivity index (χ0) is 37.3. The molecule has 0 aliphatic carbocycles. The van der Waals surface area contributed by atoms with Crippen LogP contribution in [0.5, 0.6) is 0 Å². The third kappa shape index (κ3) is 6.88. The number of H-pyrrole nitrogens is 2. The smallest absolute Gasteiger partial charge is 0.269 e. The number of rotatable bonds is 7. The molecule has 2 aliphatic heterocycles. The first-order chi connectivity index (χ1) is 26.9. The van der Waals surface area contributed by atoms with Crippen molar-refractivity contribution in [2.45, 2.75) is 6.92 Å². The van der Waals surface area contributed by atoms with E-state index in [0.717, 1.165) is 84.2 Å². The summed E-state index contributed by atoms with van der Waals surface area (Å²) in [7, 11) is 0. The first kappa shape index (κ1) is 33.3. The highest BCUT2D eigenvalue weighted by molar-refractivity contribution is 5.94. The highest BCUT2D eigenvalue weighted by Crippen LogP contribution is 2.36. The Balaban J connectivity index is 1.18. The number of para-hydroxylation sites is 1. The second kappa shape index (κ2) is 14.1. The van der Waals surface area contributed by atoms with E-state index < -0.39 is 0 Å². The van der Waals surface area contributed by atoms with Crippen molar-refractivity contribution in [3.05, 3.63) is 189 Å². The number of nitro benzene ring substituents is 1.